The minimum absolute atomic E-state index is 0.112. The van der Waals surface area contributed by atoms with Crippen molar-refractivity contribution >= 4 is 52.3 Å². The lowest BCUT2D eigenvalue weighted by Gasteiger charge is -2.06. The van der Waals surface area contributed by atoms with Crippen molar-refractivity contribution in [3.63, 3.8) is 0 Å². The van der Waals surface area contributed by atoms with Gasteiger partial charge in [0.15, 0.2) is 5.17 Å². The number of rotatable bonds is 5. The second-order valence-corrected chi connectivity index (χ2v) is 8.27. The van der Waals surface area contributed by atoms with Crippen LogP contribution in [0.1, 0.15) is 11.3 Å². The molecule has 3 aromatic rings. The molecule has 8 heteroatoms. The first-order valence-electron chi connectivity index (χ1n) is 8.76. The zero-order valence-electron chi connectivity index (χ0n) is 15.0. The van der Waals surface area contributed by atoms with Gasteiger partial charge in [-0.25, -0.2) is 0 Å². The average molecular weight is 444 g/mol. The van der Waals surface area contributed by atoms with Crippen molar-refractivity contribution < 1.29 is 9.21 Å². The van der Waals surface area contributed by atoms with E-state index in [1.807, 2.05) is 48.5 Å². The maximum Gasteiger partial charge on any atom is 0.239 e. The van der Waals surface area contributed by atoms with Crippen LogP contribution >= 0.6 is 35.0 Å². The summed E-state index contributed by atoms with van der Waals surface area (Å²) in [7, 11) is 0. The molecule has 1 aromatic heterocycles. The number of halogens is 2. The van der Waals surface area contributed by atoms with Crippen LogP contribution in [0.25, 0.3) is 11.3 Å². The molecule has 2 heterocycles. The third-order valence-corrected chi connectivity index (χ3v) is 6.01. The van der Waals surface area contributed by atoms with E-state index < -0.39 is 0 Å². The summed E-state index contributed by atoms with van der Waals surface area (Å²) in [5, 5.41) is 12.0. The lowest BCUT2D eigenvalue weighted by Crippen LogP contribution is -2.25. The molecule has 5 nitrogen and oxygen atoms in total. The molecule has 0 bridgehead atoms. The fourth-order valence-electron chi connectivity index (χ4n) is 2.79. The molecule has 0 spiro atoms. The summed E-state index contributed by atoms with van der Waals surface area (Å²) in [6.07, 6.45) is 2.03. The highest BCUT2D eigenvalue weighted by Crippen LogP contribution is 2.27. The summed E-state index contributed by atoms with van der Waals surface area (Å²) in [5.74, 6) is 1.22. The molecule has 2 aromatic carbocycles. The minimum Gasteiger partial charge on any atom is -0.455 e. The second-order valence-electron chi connectivity index (χ2n) is 6.27. The molecule has 1 unspecified atom stereocenters. The number of nitrogens with zero attached hydrogens (tertiary/aromatic N) is 2. The van der Waals surface area contributed by atoms with Gasteiger partial charge in [0.25, 0.3) is 0 Å². The minimum atomic E-state index is -0.297. The Morgan fingerprint density at radius 2 is 1.90 bits per heavy atom. The van der Waals surface area contributed by atoms with Crippen molar-refractivity contribution in [2.24, 2.45) is 10.2 Å². The number of amidine groups is 1. The predicted molar refractivity (Wildman–Crippen MR) is 119 cm³/mol. The molecule has 1 N–H and O–H groups in total. The van der Waals surface area contributed by atoms with Crippen molar-refractivity contribution in [3.8, 4) is 11.3 Å². The Kier molecular flexibility index (Phi) is 6.04. The molecule has 1 atom stereocenters. The maximum atomic E-state index is 12.2. The van der Waals surface area contributed by atoms with Gasteiger partial charge in [0.05, 0.1) is 21.5 Å². The number of thioether (sulfide) groups is 1. The molecule has 1 saturated heterocycles. The highest BCUT2D eigenvalue weighted by molar-refractivity contribution is 8.15. The van der Waals surface area contributed by atoms with E-state index in [0.717, 1.165) is 16.9 Å². The van der Waals surface area contributed by atoms with Crippen LogP contribution in [-0.2, 0) is 11.2 Å². The van der Waals surface area contributed by atoms with Gasteiger partial charge in [-0.15, -0.1) is 5.10 Å². The van der Waals surface area contributed by atoms with Crippen LogP contribution in [0.4, 0.5) is 0 Å². The lowest BCUT2D eigenvalue weighted by molar-refractivity contribution is -0.118. The van der Waals surface area contributed by atoms with Gasteiger partial charge in [0.2, 0.25) is 5.91 Å². The van der Waals surface area contributed by atoms with Gasteiger partial charge in [-0.1, -0.05) is 71.4 Å². The monoisotopic (exact) mass is 443 g/mol. The fourth-order valence-corrected chi connectivity index (χ4v) is 4.07. The molecular weight excluding hydrogens is 429 g/mol. The molecule has 1 aliphatic rings. The van der Waals surface area contributed by atoms with E-state index in [9.17, 15) is 4.79 Å². The Labute approximate surface area is 181 Å². The van der Waals surface area contributed by atoms with Crippen molar-refractivity contribution in [2.75, 3.05) is 0 Å². The Morgan fingerprint density at radius 1 is 1.07 bits per heavy atom. The van der Waals surface area contributed by atoms with Crippen molar-refractivity contribution in [1.29, 1.82) is 0 Å². The van der Waals surface area contributed by atoms with Crippen molar-refractivity contribution in [1.82, 2.24) is 5.32 Å². The Hall–Kier alpha value is -2.54. The SMILES string of the molecule is O=C1N/C(=N\N=C\c2ccc(-c3ccccc3)o2)SC1Cc1ccc(Cl)c(Cl)c1. The third kappa shape index (κ3) is 4.90. The molecule has 146 valence electrons. The molecule has 1 fully saturated rings. The summed E-state index contributed by atoms with van der Waals surface area (Å²) in [4.78, 5) is 12.2. The van der Waals surface area contributed by atoms with E-state index in [-0.39, 0.29) is 11.2 Å². The van der Waals surface area contributed by atoms with E-state index in [0.29, 0.717) is 27.4 Å². The van der Waals surface area contributed by atoms with Gasteiger partial charge in [-0.2, -0.15) is 5.10 Å². The van der Waals surface area contributed by atoms with Crippen LogP contribution in [0.2, 0.25) is 10.0 Å². The van der Waals surface area contributed by atoms with Crippen LogP contribution in [0.15, 0.2) is 75.3 Å². The topological polar surface area (TPSA) is 67.0 Å². The third-order valence-electron chi connectivity index (χ3n) is 4.20. The molecule has 0 saturated carbocycles. The van der Waals surface area contributed by atoms with Gasteiger partial charge < -0.3 is 9.73 Å². The molecule has 0 radical (unpaired) electrons. The summed E-state index contributed by atoms with van der Waals surface area (Å²) < 4.78 is 5.74. The van der Waals surface area contributed by atoms with Gasteiger partial charge in [-0.3, -0.25) is 4.79 Å². The van der Waals surface area contributed by atoms with Crippen molar-refractivity contribution in [2.45, 2.75) is 11.7 Å². The number of furan rings is 1. The van der Waals surface area contributed by atoms with E-state index in [1.54, 1.807) is 12.1 Å². The molecule has 0 aliphatic carbocycles. The predicted octanol–water partition coefficient (Wildman–Crippen LogP) is 5.42. The van der Waals surface area contributed by atoms with E-state index >= 15 is 0 Å². The molecule has 29 heavy (non-hydrogen) atoms. The number of amides is 1. The van der Waals surface area contributed by atoms with Crippen LogP contribution in [0, 0.1) is 0 Å². The first-order chi connectivity index (χ1) is 14.1. The second kappa shape index (κ2) is 8.86. The fraction of sp³-hybridized carbons (Fsp3) is 0.0952. The van der Waals surface area contributed by atoms with E-state index in [4.69, 9.17) is 27.6 Å². The Bertz CT molecular complexity index is 1100. The number of benzene rings is 2. The van der Waals surface area contributed by atoms with E-state index in [2.05, 4.69) is 15.5 Å². The summed E-state index contributed by atoms with van der Waals surface area (Å²) in [5.41, 5.74) is 1.92. The van der Waals surface area contributed by atoms with Crippen molar-refractivity contribution in [3.05, 3.63) is 82.0 Å². The molecular formula is C21H15Cl2N3O2S. The normalized spacial score (nSPS) is 17.9. The molecule has 4 rings (SSSR count). The molecule has 1 amide bonds. The van der Waals surface area contributed by atoms with E-state index in [1.165, 1.54) is 18.0 Å². The standard InChI is InChI=1S/C21H15Cl2N3O2S/c22-16-8-6-13(10-17(16)23)11-19-20(27)25-21(29-19)26-24-12-15-7-9-18(28-15)14-4-2-1-3-5-14/h1-10,12,19H,11H2,(H,25,26,27)/b24-12+. The van der Waals surface area contributed by atoms with Crippen LogP contribution < -0.4 is 5.32 Å². The van der Waals surface area contributed by atoms with Gasteiger partial charge in [0.1, 0.15) is 11.5 Å². The zero-order valence-corrected chi connectivity index (χ0v) is 17.3. The summed E-state index contributed by atoms with van der Waals surface area (Å²) >= 11 is 13.3. The number of hydrogen-bond acceptors (Lipinski definition) is 5. The van der Waals surface area contributed by atoms with Gasteiger partial charge in [-0.05, 0) is 36.2 Å². The number of carbonyl (C=O) groups is 1. The van der Waals surface area contributed by atoms with Crippen LogP contribution in [0.3, 0.4) is 0 Å². The Morgan fingerprint density at radius 3 is 2.69 bits per heavy atom. The highest BCUT2D eigenvalue weighted by atomic mass is 35.5. The smallest absolute Gasteiger partial charge is 0.239 e. The van der Waals surface area contributed by atoms with Gasteiger partial charge in [0, 0.05) is 5.56 Å². The maximum absolute atomic E-state index is 12.2. The highest BCUT2D eigenvalue weighted by Gasteiger charge is 2.30. The zero-order chi connectivity index (χ0) is 20.2. The summed E-state index contributed by atoms with van der Waals surface area (Å²) in [6.45, 7) is 0. The Balaban J connectivity index is 1.39. The van der Waals surface area contributed by atoms with Crippen LogP contribution in [0.5, 0.6) is 0 Å². The van der Waals surface area contributed by atoms with Crippen LogP contribution in [-0.4, -0.2) is 22.5 Å². The number of nitrogens with one attached hydrogen (secondary N) is 1. The number of hydrogen-bond donors (Lipinski definition) is 1. The first-order valence-corrected chi connectivity index (χ1v) is 10.4. The van der Waals surface area contributed by atoms with Gasteiger partial charge >= 0.3 is 0 Å². The number of carbonyl (C=O) groups excluding carboxylic acids is 1. The average Bonchev–Trinajstić information content (AvgIpc) is 3.33. The largest absolute Gasteiger partial charge is 0.455 e. The lowest BCUT2D eigenvalue weighted by atomic mass is 10.1. The molecule has 1 aliphatic heterocycles. The quantitative estimate of drug-likeness (QED) is 0.422. The summed E-state index contributed by atoms with van der Waals surface area (Å²) in [6, 6.07) is 18.8. The first kappa shape index (κ1) is 19.8.